The summed E-state index contributed by atoms with van der Waals surface area (Å²) in [5.41, 5.74) is 6.16. The van der Waals surface area contributed by atoms with Crippen LogP contribution in [0.1, 0.15) is 21.5 Å². The van der Waals surface area contributed by atoms with Gasteiger partial charge >= 0.3 is 0 Å². The molecule has 3 aromatic carbocycles. The number of aromatic nitrogens is 1. The Balaban J connectivity index is 1.92. The molecular weight excluding hydrogens is 428 g/mol. The molecule has 1 N–H and O–H groups in total. The van der Waals surface area contributed by atoms with Gasteiger partial charge in [0.2, 0.25) is 0 Å². The van der Waals surface area contributed by atoms with Crippen LogP contribution in [0.15, 0.2) is 69.9 Å². The molecule has 0 saturated carbocycles. The number of carbonyl (C=O) groups excluding carboxylic acids is 1. The van der Waals surface area contributed by atoms with E-state index in [-0.39, 0.29) is 11.3 Å². The molecule has 0 amide bonds. The molecule has 0 spiro atoms. The first-order valence-corrected chi connectivity index (χ1v) is 10.1. The Bertz CT molecular complexity index is 1400. The van der Waals surface area contributed by atoms with Gasteiger partial charge in [-0.15, -0.1) is 0 Å². The van der Waals surface area contributed by atoms with Crippen LogP contribution >= 0.6 is 15.9 Å². The number of halogens is 1. The predicted molar refractivity (Wildman–Crippen MR) is 120 cm³/mol. The third-order valence-electron chi connectivity index (χ3n) is 5.56. The van der Waals surface area contributed by atoms with Crippen LogP contribution < -0.4 is 10.9 Å². The molecular formula is C24H17BrN2O2. The molecule has 29 heavy (non-hydrogen) atoms. The highest BCUT2D eigenvalue weighted by Gasteiger charge is 2.30. The summed E-state index contributed by atoms with van der Waals surface area (Å²) in [5, 5.41) is 4.24. The largest absolute Gasteiger partial charge is 0.355 e. The van der Waals surface area contributed by atoms with Crippen LogP contribution in [0, 0.1) is 6.92 Å². The van der Waals surface area contributed by atoms with E-state index in [1.807, 2.05) is 61.5 Å². The normalized spacial score (nSPS) is 12.2. The summed E-state index contributed by atoms with van der Waals surface area (Å²) in [4.78, 5) is 26.2. The van der Waals surface area contributed by atoms with Gasteiger partial charge in [-0.1, -0.05) is 42.5 Å². The van der Waals surface area contributed by atoms with Crippen LogP contribution in [0.3, 0.4) is 0 Å². The highest BCUT2D eigenvalue weighted by atomic mass is 79.9. The Kier molecular flexibility index (Phi) is 3.96. The molecule has 0 radical (unpaired) electrons. The summed E-state index contributed by atoms with van der Waals surface area (Å²) in [6.45, 7) is 2.02. The number of rotatable bonds is 2. The van der Waals surface area contributed by atoms with Crippen molar-refractivity contribution in [1.29, 1.82) is 0 Å². The lowest BCUT2D eigenvalue weighted by molar-refractivity contribution is 0.104. The van der Waals surface area contributed by atoms with E-state index in [0.29, 0.717) is 11.1 Å². The van der Waals surface area contributed by atoms with Gasteiger partial charge in [0.25, 0.3) is 5.56 Å². The second-order valence-corrected chi connectivity index (χ2v) is 8.13. The maximum absolute atomic E-state index is 13.6. The zero-order chi connectivity index (χ0) is 20.3. The zero-order valence-electron chi connectivity index (χ0n) is 15.9. The Morgan fingerprint density at radius 3 is 2.31 bits per heavy atom. The summed E-state index contributed by atoms with van der Waals surface area (Å²) in [7, 11) is 1.73. The number of hydrogen-bond donors (Lipinski definition) is 1. The van der Waals surface area contributed by atoms with Crippen LogP contribution in [0.25, 0.3) is 22.0 Å². The number of para-hydroxylation sites is 1. The van der Waals surface area contributed by atoms with Crippen molar-refractivity contribution in [3.8, 4) is 11.1 Å². The minimum atomic E-state index is -0.108. The Morgan fingerprint density at radius 2 is 1.55 bits per heavy atom. The smallest absolute Gasteiger partial charge is 0.251 e. The van der Waals surface area contributed by atoms with E-state index >= 15 is 0 Å². The van der Waals surface area contributed by atoms with Crippen molar-refractivity contribution in [3.63, 3.8) is 0 Å². The molecule has 0 bridgehead atoms. The van der Waals surface area contributed by atoms with E-state index < -0.39 is 0 Å². The SMILES string of the molecule is Cc1ccccc1Nc1cc(Br)c2c3c(cc(=O)n2C)-c2ccccc2C(=O)c13. The molecule has 142 valence electrons. The van der Waals surface area contributed by atoms with Crippen LogP contribution in [0.4, 0.5) is 11.4 Å². The van der Waals surface area contributed by atoms with Gasteiger partial charge < -0.3 is 9.88 Å². The van der Waals surface area contributed by atoms with E-state index in [0.717, 1.165) is 43.4 Å². The highest BCUT2D eigenvalue weighted by Crippen LogP contribution is 2.44. The van der Waals surface area contributed by atoms with Crippen molar-refractivity contribution < 1.29 is 4.79 Å². The number of pyridine rings is 1. The Hall–Kier alpha value is -3.18. The number of nitrogens with zero attached hydrogens (tertiary/aromatic N) is 1. The number of ketones is 1. The van der Waals surface area contributed by atoms with E-state index in [9.17, 15) is 9.59 Å². The molecule has 4 aromatic rings. The minimum Gasteiger partial charge on any atom is -0.355 e. The first-order chi connectivity index (χ1) is 14.0. The summed E-state index contributed by atoms with van der Waals surface area (Å²) < 4.78 is 2.35. The van der Waals surface area contributed by atoms with E-state index in [2.05, 4.69) is 21.2 Å². The summed E-state index contributed by atoms with van der Waals surface area (Å²) in [6.07, 6.45) is 0. The van der Waals surface area contributed by atoms with Gasteiger partial charge in [-0.3, -0.25) is 9.59 Å². The number of nitrogens with one attached hydrogen (secondary N) is 1. The summed E-state index contributed by atoms with van der Waals surface area (Å²) in [5.74, 6) is -0.0414. The van der Waals surface area contributed by atoms with Gasteiger partial charge in [-0.25, -0.2) is 0 Å². The maximum Gasteiger partial charge on any atom is 0.251 e. The van der Waals surface area contributed by atoms with Gasteiger partial charge in [-0.05, 0) is 51.7 Å². The quantitative estimate of drug-likeness (QED) is 0.387. The van der Waals surface area contributed by atoms with Crippen LogP contribution in [0.5, 0.6) is 0 Å². The average molecular weight is 445 g/mol. The summed E-state index contributed by atoms with van der Waals surface area (Å²) >= 11 is 3.64. The second-order valence-electron chi connectivity index (χ2n) is 7.27. The number of carbonyl (C=O) groups is 1. The third-order valence-corrected chi connectivity index (χ3v) is 6.16. The molecule has 5 heteroatoms. The van der Waals surface area contributed by atoms with E-state index in [1.165, 1.54) is 0 Å². The maximum atomic E-state index is 13.6. The minimum absolute atomic E-state index is 0.0414. The molecule has 0 saturated heterocycles. The number of benzene rings is 3. The standard InChI is InChI=1S/C24H17BrN2O2/c1-13-7-3-6-10-18(13)26-19-12-17(25)23-21-16(11-20(28)27(23)2)14-8-4-5-9-15(14)24(29)22(19)21/h3-12,26H,1-2H3. The molecule has 0 atom stereocenters. The van der Waals surface area contributed by atoms with E-state index in [1.54, 1.807) is 17.7 Å². The van der Waals surface area contributed by atoms with Crippen LogP contribution in [-0.4, -0.2) is 10.4 Å². The fraction of sp³-hybridized carbons (Fsp3) is 0.0833. The lowest BCUT2D eigenvalue weighted by Crippen LogP contribution is -2.21. The molecule has 1 aromatic heterocycles. The number of fused-ring (bicyclic) bond motifs is 2. The van der Waals surface area contributed by atoms with Crippen LogP contribution in [-0.2, 0) is 7.05 Å². The van der Waals surface area contributed by atoms with Crippen molar-refractivity contribution in [2.24, 2.45) is 7.05 Å². The predicted octanol–water partition coefficient (Wildman–Crippen LogP) is 5.56. The van der Waals surface area contributed by atoms with Gasteiger partial charge in [0.15, 0.2) is 5.78 Å². The van der Waals surface area contributed by atoms with E-state index in [4.69, 9.17) is 0 Å². The zero-order valence-corrected chi connectivity index (χ0v) is 17.5. The monoisotopic (exact) mass is 444 g/mol. The topological polar surface area (TPSA) is 51.1 Å². The van der Waals surface area contributed by atoms with Gasteiger partial charge in [0, 0.05) is 34.2 Å². The Morgan fingerprint density at radius 1 is 0.862 bits per heavy atom. The average Bonchev–Trinajstić information content (AvgIpc) is 2.71. The van der Waals surface area contributed by atoms with Gasteiger partial charge in [0.1, 0.15) is 0 Å². The molecule has 1 aliphatic carbocycles. The highest BCUT2D eigenvalue weighted by molar-refractivity contribution is 9.10. The molecule has 5 rings (SSSR count). The van der Waals surface area contributed by atoms with Crippen molar-refractivity contribution in [2.75, 3.05) is 5.32 Å². The van der Waals surface area contributed by atoms with Gasteiger partial charge in [-0.2, -0.15) is 0 Å². The fourth-order valence-corrected chi connectivity index (χ4v) is 4.78. The number of anilines is 2. The Labute approximate surface area is 175 Å². The lowest BCUT2D eigenvalue weighted by atomic mass is 9.83. The molecule has 0 fully saturated rings. The molecule has 1 aliphatic rings. The molecule has 4 nitrogen and oxygen atoms in total. The van der Waals surface area contributed by atoms with Crippen molar-refractivity contribution in [3.05, 3.63) is 92.2 Å². The number of aryl methyl sites for hydroxylation is 2. The van der Waals surface area contributed by atoms with Crippen molar-refractivity contribution in [1.82, 2.24) is 4.57 Å². The fourth-order valence-electron chi connectivity index (χ4n) is 4.09. The third kappa shape index (κ3) is 2.58. The second kappa shape index (κ2) is 6.42. The number of hydrogen-bond acceptors (Lipinski definition) is 3. The first kappa shape index (κ1) is 17.9. The van der Waals surface area contributed by atoms with Crippen molar-refractivity contribution in [2.45, 2.75) is 6.92 Å². The molecule has 1 heterocycles. The summed E-state index contributed by atoms with van der Waals surface area (Å²) in [6, 6.07) is 18.9. The van der Waals surface area contributed by atoms with Gasteiger partial charge in [0.05, 0.1) is 16.8 Å². The lowest BCUT2D eigenvalue weighted by Gasteiger charge is -2.24. The van der Waals surface area contributed by atoms with Crippen molar-refractivity contribution >= 4 is 44.0 Å². The van der Waals surface area contributed by atoms with Crippen LogP contribution in [0.2, 0.25) is 0 Å². The molecule has 0 unspecified atom stereocenters. The molecule has 0 aliphatic heterocycles. The first-order valence-electron chi connectivity index (χ1n) is 9.30.